The van der Waals surface area contributed by atoms with E-state index in [1.165, 1.54) is 85.0 Å². The van der Waals surface area contributed by atoms with E-state index in [-0.39, 0.29) is 16.8 Å². The summed E-state index contributed by atoms with van der Waals surface area (Å²) in [5.74, 6) is -12.3. The summed E-state index contributed by atoms with van der Waals surface area (Å²) in [6.07, 6.45) is -14.6. The average molecular weight is 1170 g/mol. The number of amides is 1. The van der Waals surface area contributed by atoms with Gasteiger partial charge < -0.3 is 58.0 Å². The molecule has 3 N–H and O–H groups in total. The minimum atomic E-state index is -4.68. The Bertz CT molecular complexity index is 2530. The van der Waals surface area contributed by atoms with Crippen LogP contribution in [0.2, 0.25) is 0 Å². The number of fused-ring (bicyclic) bond motifs is 5. The van der Waals surface area contributed by atoms with E-state index in [4.69, 9.17) is 112 Å². The molecule has 2 bridgehead atoms. The van der Waals surface area contributed by atoms with Crippen LogP contribution >= 0.6 is 69.6 Å². The van der Waals surface area contributed by atoms with Crippen LogP contribution in [0.1, 0.15) is 90.3 Å². The number of nitrogens with one attached hydrogen (secondary N) is 2. The van der Waals surface area contributed by atoms with Gasteiger partial charge in [0, 0.05) is 37.1 Å². The lowest BCUT2D eigenvalue weighted by Crippen LogP contribution is -2.82. The van der Waals surface area contributed by atoms with E-state index in [9.17, 15) is 33.9 Å². The van der Waals surface area contributed by atoms with Gasteiger partial charge in [-0.3, -0.25) is 9.59 Å². The third-order valence-corrected chi connectivity index (χ3v) is 14.2. The number of alkyl halides is 8. The van der Waals surface area contributed by atoms with Crippen molar-refractivity contribution in [2.24, 2.45) is 16.7 Å². The van der Waals surface area contributed by atoms with Crippen LogP contribution < -0.4 is 5.32 Å². The number of ketones is 1. The van der Waals surface area contributed by atoms with Crippen molar-refractivity contribution < 1.29 is 90.1 Å². The fraction of sp³-hybridized carbons (Fsp3) is 0.596. The Morgan fingerprint density at radius 3 is 1.99 bits per heavy atom. The highest BCUT2D eigenvalue weighted by Gasteiger charge is 2.79. The predicted octanol–water partition coefficient (Wildman–Crippen LogP) is 8.92. The van der Waals surface area contributed by atoms with Crippen LogP contribution in [0.4, 0.5) is 23.2 Å². The van der Waals surface area contributed by atoms with Crippen LogP contribution in [0.25, 0.3) is 0 Å². The molecule has 10 atom stereocenters. The molecule has 3 fully saturated rings. The molecule has 0 radical (unpaired) electrons. The zero-order chi connectivity index (χ0) is 55.4. The summed E-state index contributed by atoms with van der Waals surface area (Å²) in [6.45, 7) is 8.06. The van der Waals surface area contributed by atoms with Crippen LogP contribution in [-0.4, -0.2) is 133 Å². The first-order chi connectivity index (χ1) is 34.0. The topological polar surface area (TPSA) is 251 Å². The van der Waals surface area contributed by atoms with Crippen LogP contribution in [0, 0.1) is 16.7 Å². The molecule has 27 heteroatoms. The van der Waals surface area contributed by atoms with Crippen LogP contribution in [-0.2, 0) is 57.0 Å². The number of Topliss-reactive ketones (excluding diaryl/α,β-unsaturated/α-hetero) is 1. The molecule has 2 heterocycles. The summed E-state index contributed by atoms with van der Waals surface area (Å²) in [5.41, 5.74) is -11.9. The number of carbonyl (C=O) groups excluding carboxylic acids is 7. The summed E-state index contributed by atoms with van der Waals surface area (Å²) >= 11 is 35.2. The molecule has 2 saturated carbocycles. The molecule has 2 aromatic rings. The summed E-state index contributed by atoms with van der Waals surface area (Å²) < 4.78 is 80.5. The standard InChI is InChI=1S/C47H52Cl6F2N2O17/c1-22-26(69-36(61)47(54,55)32(25-15-12-16-56-25)57-37(62)74-40(3,4)5)18-44(65)34(72-35(60)24-13-10-9-11-14-24)31-42(8,33(59)30(29(22)41(44,6)7)71-39(64)68-21-46(51,52)53)27(70-38(63)67-20-45(48,49)50)17-28-43(31,19-66-28)73-23(2)58/h9-16,26-28,30-32,34,56,65H,17-21H2,1-8H3,(H,57,62)/t26-,27-,28+,30+,31-,32?,34-,42+,43-,44+/m0/s1. The molecule has 3 aliphatic carbocycles. The van der Waals surface area contributed by atoms with Gasteiger partial charge in [0.25, 0.3) is 0 Å². The molecule has 74 heavy (non-hydrogen) atoms. The van der Waals surface area contributed by atoms with E-state index in [1.54, 1.807) is 6.07 Å². The fourth-order valence-corrected chi connectivity index (χ4v) is 10.5. The molecule has 408 valence electrons. The van der Waals surface area contributed by atoms with Gasteiger partial charge in [0.2, 0.25) is 7.59 Å². The Kier molecular flexibility index (Phi) is 16.9. The number of aromatic amines is 1. The van der Waals surface area contributed by atoms with Crippen molar-refractivity contribution in [3.63, 3.8) is 0 Å². The first-order valence-electron chi connectivity index (χ1n) is 22.6. The van der Waals surface area contributed by atoms with Gasteiger partial charge in [-0.15, -0.1) is 0 Å². The van der Waals surface area contributed by atoms with Gasteiger partial charge in [0.1, 0.15) is 54.9 Å². The van der Waals surface area contributed by atoms with Crippen molar-refractivity contribution >= 4 is 112 Å². The van der Waals surface area contributed by atoms with Crippen molar-refractivity contribution in [1.82, 2.24) is 10.3 Å². The largest absolute Gasteiger partial charge is 0.509 e. The second-order valence-electron chi connectivity index (χ2n) is 19.9. The second kappa shape index (κ2) is 21.2. The quantitative estimate of drug-likeness (QED) is 0.0776. The first-order valence-corrected chi connectivity index (χ1v) is 24.8. The van der Waals surface area contributed by atoms with E-state index in [1.807, 2.05) is 5.32 Å². The van der Waals surface area contributed by atoms with Gasteiger partial charge in [-0.2, -0.15) is 8.78 Å². The number of alkyl carbamates (subject to hydrolysis) is 1. The molecule has 1 aliphatic heterocycles. The number of hydrogen-bond acceptors (Lipinski definition) is 17. The van der Waals surface area contributed by atoms with Gasteiger partial charge in [-0.1, -0.05) is 102 Å². The van der Waals surface area contributed by atoms with Gasteiger partial charge in [-0.25, -0.2) is 24.0 Å². The van der Waals surface area contributed by atoms with Gasteiger partial charge in [-0.05, 0) is 70.0 Å². The summed E-state index contributed by atoms with van der Waals surface area (Å²) in [7, 11) is 0. The summed E-state index contributed by atoms with van der Waals surface area (Å²) in [6, 6.07) is 7.21. The number of carbonyl (C=O) groups is 7. The number of aliphatic hydroxyl groups is 1. The van der Waals surface area contributed by atoms with Gasteiger partial charge in [0.15, 0.2) is 17.5 Å². The number of hydrogen-bond donors (Lipinski definition) is 3. The molecule has 6 rings (SSSR count). The van der Waals surface area contributed by atoms with E-state index < -0.39 is 164 Å². The number of H-pyrrole nitrogens is 1. The van der Waals surface area contributed by atoms with Crippen molar-refractivity contribution in [3.05, 3.63) is 71.1 Å². The van der Waals surface area contributed by atoms with E-state index in [0.717, 1.165) is 13.0 Å². The SMILES string of the molecule is CC(=O)O[C@@]12CO[C@@H]1C[C@H](OC(=O)OCC(Cl)(Cl)Cl)[C@@]1(C)C(=O)[C@H](OC(=O)OCC(Cl)(Cl)Cl)C3=C(C)[C@@H](OC(=O)C(F)(F)C(NC(=O)OC(C)(C)C)c4ccc[nH]4)C[C@@](O)([C@@H](OC(=O)c4ccccc4)[C@H]21)C3(C)C. The maximum absolute atomic E-state index is 16.9. The van der Waals surface area contributed by atoms with Gasteiger partial charge in [0.05, 0.1) is 23.5 Å². The van der Waals surface area contributed by atoms with Crippen LogP contribution in [0.3, 0.4) is 0 Å². The molecular formula is C47H52Cl6F2N2O17. The average Bonchev–Trinajstić information content (AvgIpc) is 3.81. The smallest absolute Gasteiger partial charge is 0.455 e. The molecule has 1 aromatic carbocycles. The van der Waals surface area contributed by atoms with Crippen LogP contribution in [0.15, 0.2) is 59.8 Å². The molecule has 1 aromatic heterocycles. The minimum Gasteiger partial charge on any atom is -0.455 e. The van der Waals surface area contributed by atoms with Gasteiger partial charge >= 0.3 is 42.2 Å². The van der Waals surface area contributed by atoms with E-state index in [0.29, 0.717) is 0 Å². The minimum absolute atomic E-state index is 0.123. The molecule has 4 aliphatic rings. The number of esters is 3. The van der Waals surface area contributed by atoms with Crippen molar-refractivity contribution in [3.8, 4) is 0 Å². The molecule has 0 spiro atoms. The van der Waals surface area contributed by atoms with Crippen LogP contribution in [0.5, 0.6) is 0 Å². The lowest BCUT2D eigenvalue weighted by atomic mass is 9.44. The van der Waals surface area contributed by atoms with E-state index in [2.05, 4.69) is 4.98 Å². The number of benzene rings is 1. The number of halogens is 8. The Balaban J connectivity index is 1.62. The monoisotopic (exact) mass is 1160 g/mol. The highest BCUT2D eigenvalue weighted by molar-refractivity contribution is 6.68. The zero-order valence-corrected chi connectivity index (χ0v) is 45.2. The molecule has 1 saturated heterocycles. The Labute approximate surface area is 452 Å². The molecule has 1 amide bonds. The lowest BCUT2D eigenvalue weighted by Gasteiger charge is -2.67. The third-order valence-electron chi connectivity index (χ3n) is 13.5. The fourth-order valence-electron chi connectivity index (χ4n) is 10.2. The van der Waals surface area contributed by atoms with Crippen molar-refractivity contribution in [1.29, 1.82) is 0 Å². The third kappa shape index (κ3) is 11.9. The number of rotatable bonds is 12. The van der Waals surface area contributed by atoms with Crippen molar-refractivity contribution in [2.45, 2.75) is 135 Å². The number of aromatic nitrogens is 1. The lowest BCUT2D eigenvalue weighted by molar-refractivity contribution is -0.346. The maximum atomic E-state index is 16.9. The Hall–Kier alpha value is -4.35. The Morgan fingerprint density at radius 2 is 1.47 bits per heavy atom. The summed E-state index contributed by atoms with van der Waals surface area (Å²) in [4.78, 5) is 101. The molecule has 19 nitrogen and oxygen atoms in total. The summed E-state index contributed by atoms with van der Waals surface area (Å²) in [5, 5.41) is 15.9. The highest BCUT2D eigenvalue weighted by atomic mass is 35.6. The normalized spacial score (nSPS) is 29.0. The maximum Gasteiger partial charge on any atom is 0.509 e. The highest BCUT2D eigenvalue weighted by Crippen LogP contribution is 2.65. The predicted molar refractivity (Wildman–Crippen MR) is 258 cm³/mol. The van der Waals surface area contributed by atoms with Crippen molar-refractivity contribution in [2.75, 3.05) is 19.8 Å². The molecular weight excluding hydrogens is 1120 g/mol. The first kappa shape index (κ1) is 58.9. The Morgan fingerprint density at radius 1 is 0.878 bits per heavy atom. The zero-order valence-electron chi connectivity index (χ0n) is 40.7. The number of ether oxygens (including phenoxy) is 9. The second-order valence-corrected chi connectivity index (χ2v) is 24.9. The van der Waals surface area contributed by atoms with E-state index >= 15 is 13.6 Å². The molecule has 1 unspecified atom stereocenters.